The van der Waals surface area contributed by atoms with E-state index in [4.69, 9.17) is 16.3 Å². The van der Waals surface area contributed by atoms with Crippen LogP contribution in [0.1, 0.15) is 25.3 Å². The van der Waals surface area contributed by atoms with E-state index in [1.807, 2.05) is 0 Å². The van der Waals surface area contributed by atoms with E-state index >= 15 is 0 Å². The van der Waals surface area contributed by atoms with E-state index in [2.05, 4.69) is 10.4 Å². The summed E-state index contributed by atoms with van der Waals surface area (Å²) in [5.74, 6) is -0.138. The zero-order chi connectivity index (χ0) is 17.6. The van der Waals surface area contributed by atoms with Gasteiger partial charge >= 0.3 is 0 Å². The monoisotopic (exact) mass is 351 g/mol. The van der Waals surface area contributed by atoms with E-state index in [1.54, 1.807) is 55.2 Å². The van der Waals surface area contributed by atoms with Gasteiger partial charge in [0.25, 0.3) is 5.91 Å². The van der Waals surface area contributed by atoms with Crippen molar-refractivity contribution in [2.45, 2.75) is 31.9 Å². The number of nitrogens with zero attached hydrogens (tertiary/aromatic N) is 2. The lowest BCUT2D eigenvalue weighted by Crippen LogP contribution is -2.39. The first-order chi connectivity index (χ1) is 11.5. The van der Waals surface area contributed by atoms with Crippen molar-refractivity contribution in [3.05, 3.63) is 47.1 Å². The molecule has 0 aliphatic rings. The summed E-state index contributed by atoms with van der Waals surface area (Å²) in [6.45, 7) is 3.08. The van der Waals surface area contributed by atoms with Crippen molar-refractivity contribution in [3.63, 3.8) is 0 Å². The van der Waals surface area contributed by atoms with Gasteiger partial charge in [0, 0.05) is 37.5 Å². The van der Waals surface area contributed by atoms with Gasteiger partial charge in [-0.2, -0.15) is 5.10 Å². The van der Waals surface area contributed by atoms with E-state index in [9.17, 15) is 9.90 Å². The Balaban J connectivity index is 2.09. The van der Waals surface area contributed by atoms with Crippen LogP contribution in [-0.2, 0) is 21.7 Å². The number of carbonyl (C=O) groups excluding carboxylic acids is 1. The molecule has 24 heavy (non-hydrogen) atoms. The summed E-state index contributed by atoms with van der Waals surface area (Å²) in [5.41, 5.74) is -1.21. The highest BCUT2D eigenvalue weighted by Gasteiger charge is 2.36. The molecule has 7 heteroatoms. The topological polar surface area (TPSA) is 76.4 Å². The van der Waals surface area contributed by atoms with E-state index in [1.165, 1.54) is 0 Å². The number of carbonyl (C=O) groups is 1. The van der Waals surface area contributed by atoms with Crippen LogP contribution in [-0.4, -0.2) is 34.5 Å². The maximum atomic E-state index is 12.6. The van der Waals surface area contributed by atoms with Gasteiger partial charge in [0.15, 0.2) is 11.4 Å². The number of aryl methyl sites for hydroxylation is 1. The maximum absolute atomic E-state index is 12.6. The number of nitrogens with one attached hydrogen (secondary N) is 1. The van der Waals surface area contributed by atoms with Gasteiger partial charge in [-0.1, -0.05) is 30.7 Å². The van der Waals surface area contributed by atoms with E-state index in [0.29, 0.717) is 29.6 Å². The highest BCUT2D eigenvalue weighted by Crippen LogP contribution is 2.28. The molecule has 1 atom stereocenters. The molecule has 0 aliphatic heterocycles. The Morgan fingerprint density at radius 3 is 2.92 bits per heavy atom. The first-order valence-electron chi connectivity index (χ1n) is 7.82. The van der Waals surface area contributed by atoms with Crippen LogP contribution < -0.4 is 5.32 Å². The van der Waals surface area contributed by atoms with Crippen molar-refractivity contribution in [2.24, 2.45) is 0 Å². The standard InChI is InChI=1S/C17H22ClN3O3/c1-3-17(23,13-6-4-7-14(18)12-13)16(22)19-15-8-10-21(20-15)9-5-11-24-2/h4,6-8,10,12,23H,3,5,9,11H2,1-2H3,(H,19,20,22)/t17-/m1/s1. The molecule has 0 saturated heterocycles. The number of aromatic nitrogens is 2. The molecular weight excluding hydrogens is 330 g/mol. The zero-order valence-corrected chi connectivity index (χ0v) is 14.6. The first-order valence-corrected chi connectivity index (χ1v) is 8.19. The second kappa shape index (κ2) is 8.28. The largest absolute Gasteiger partial charge is 0.385 e. The van der Waals surface area contributed by atoms with Crippen molar-refractivity contribution >= 4 is 23.3 Å². The second-order valence-electron chi connectivity index (χ2n) is 5.49. The lowest BCUT2D eigenvalue weighted by molar-refractivity contribution is -0.135. The Labute approximate surface area is 146 Å². The van der Waals surface area contributed by atoms with Gasteiger partial charge in [-0.3, -0.25) is 9.48 Å². The molecule has 1 amide bonds. The quantitative estimate of drug-likeness (QED) is 0.717. The minimum atomic E-state index is -1.66. The Hall–Kier alpha value is -1.89. The first kappa shape index (κ1) is 18.4. The molecule has 1 heterocycles. The van der Waals surface area contributed by atoms with E-state index in [0.717, 1.165) is 6.42 Å². The lowest BCUT2D eigenvalue weighted by Gasteiger charge is -2.25. The van der Waals surface area contributed by atoms with E-state index in [-0.39, 0.29) is 6.42 Å². The summed E-state index contributed by atoms with van der Waals surface area (Å²) >= 11 is 5.97. The Bertz CT molecular complexity index is 689. The average molecular weight is 352 g/mol. The number of halogens is 1. The van der Waals surface area contributed by atoms with Gasteiger partial charge in [-0.25, -0.2) is 0 Å². The summed E-state index contributed by atoms with van der Waals surface area (Å²) in [7, 11) is 1.65. The fourth-order valence-electron chi connectivity index (χ4n) is 2.38. The Morgan fingerprint density at radius 1 is 1.46 bits per heavy atom. The molecule has 0 saturated carbocycles. The van der Waals surface area contributed by atoms with Crippen LogP contribution in [0.25, 0.3) is 0 Å². The predicted molar refractivity (Wildman–Crippen MR) is 93.0 cm³/mol. The van der Waals surface area contributed by atoms with Crippen LogP contribution in [0.4, 0.5) is 5.82 Å². The molecule has 0 spiro atoms. The van der Waals surface area contributed by atoms with Gasteiger partial charge < -0.3 is 15.2 Å². The van der Waals surface area contributed by atoms with Crippen LogP contribution in [0, 0.1) is 0 Å². The highest BCUT2D eigenvalue weighted by atomic mass is 35.5. The van der Waals surface area contributed by atoms with Gasteiger partial charge in [0.05, 0.1) is 0 Å². The molecular formula is C17H22ClN3O3. The molecule has 2 aromatic rings. The molecule has 6 nitrogen and oxygen atoms in total. The molecule has 1 aromatic carbocycles. The molecule has 0 radical (unpaired) electrons. The fraction of sp³-hybridized carbons (Fsp3) is 0.412. The lowest BCUT2D eigenvalue weighted by atomic mass is 9.90. The summed E-state index contributed by atoms with van der Waals surface area (Å²) in [4.78, 5) is 12.6. The van der Waals surface area contributed by atoms with E-state index < -0.39 is 11.5 Å². The van der Waals surface area contributed by atoms with Crippen LogP contribution in [0.3, 0.4) is 0 Å². The number of benzene rings is 1. The van der Waals surface area contributed by atoms with Gasteiger partial charge in [0.1, 0.15) is 0 Å². The van der Waals surface area contributed by atoms with Crippen LogP contribution in [0.2, 0.25) is 5.02 Å². The minimum absolute atomic E-state index is 0.216. The number of amides is 1. The smallest absolute Gasteiger partial charge is 0.262 e. The average Bonchev–Trinajstić information content (AvgIpc) is 3.01. The third-order valence-electron chi connectivity index (χ3n) is 3.81. The number of rotatable bonds is 8. The minimum Gasteiger partial charge on any atom is -0.385 e. The van der Waals surface area contributed by atoms with Gasteiger partial charge in [0.2, 0.25) is 0 Å². The number of anilines is 1. The summed E-state index contributed by atoms with van der Waals surface area (Å²) in [5, 5.41) is 18.2. The normalized spacial score (nSPS) is 13.5. The predicted octanol–water partition coefficient (Wildman–Crippen LogP) is 2.81. The third kappa shape index (κ3) is 4.35. The second-order valence-corrected chi connectivity index (χ2v) is 5.93. The molecule has 2 N–H and O–H groups in total. The van der Waals surface area contributed by atoms with Crippen molar-refractivity contribution in [1.29, 1.82) is 0 Å². The highest BCUT2D eigenvalue weighted by molar-refractivity contribution is 6.30. The van der Waals surface area contributed by atoms with Crippen molar-refractivity contribution < 1.29 is 14.6 Å². The molecule has 0 bridgehead atoms. The van der Waals surface area contributed by atoms with Gasteiger partial charge in [-0.05, 0) is 30.5 Å². The van der Waals surface area contributed by atoms with Crippen molar-refractivity contribution in [2.75, 3.05) is 19.0 Å². The number of hydrogen-bond donors (Lipinski definition) is 2. The summed E-state index contributed by atoms with van der Waals surface area (Å²) in [6, 6.07) is 8.36. The number of methoxy groups -OCH3 is 1. The number of aliphatic hydroxyl groups is 1. The van der Waals surface area contributed by atoms with Gasteiger partial charge in [-0.15, -0.1) is 0 Å². The molecule has 1 aromatic heterocycles. The number of ether oxygens (including phenoxy) is 1. The molecule has 0 aliphatic carbocycles. The van der Waals surface area contributed by atoms with Crippen LogP contribution >= 0.6 is 11.6 Å². The molecule has 2 rings (SSSR count). The Kier molecular flexibility index (Phi) is 6.36. The summed E-state index contributed by atoms with van der Waals surface area (Å²) < 4.78 is 6.72. The zero-order valence-electron chi connectivity index (χ0n) is 13.8. The molecule has 0 fully saturated rings. The third-order valence-corrected chi connectivity index (χ3v) is 4.04. The molecule has 0 unspecified atom stereocenters. The number of hydrogen-bond acceptors (Lipinski definition) is 4. The fourth-order valence-corrected chi connectivity index (χ4v) is 2.58. The SMILES string of the molecule is CC[C@](O)(C(=O)Nc1ccn(CCCOC)n1)c1cccc(Cl)c1. The molecule has 130 valence electrons. The summed E-state index contributed by atoms with van der Waals surface area (Å²) in [6.07, 6.45) is 2.82. The van der Waals surface area contributed by atoms with Crippen LogP contribution in [0.15, 0.2) is 36.5 Å². The maximum Gasteiger partial charge on any atom is 0.262 e. The Morgan fingerprint density at radius 2 is 2.25 bits per heavy atom. The van der Waals surface area contributed by atoms with Crippen LogP contribution in [0.5, 0.6) is 0 Å². The van der Waals surface area contributed by atoms with Crippen molar-refractivity contribution in [1.82, 2.24) is 9.78 Å². The van der Waals surface area contributed by atoms with Crippen molar-refractivity contribution in [3.8, 4) is 0 Å².